The van der Waals surface area contributed by atoms with Crippen molar-refractivity contribution in [2.45, 2.75) is 6.54 Å². The first-order chi connectivity index (χ1) is 13.6. The van der Waals surface area contributed by atoms with Crippen molar-refractivity contribution in [3.63, 3.8) is 0 Å². The van der Waals surface area contributed by atoms with Crippen LogP contribution in [-0.4, -0.2) is 39.7 Å². The predicted octanol–water partition coefficient (Wildman–Crippen LogP) is 3.70. The summed E-state index contributed by atoms with van der Waals surface area (Å²) < 4.78 is 7.04. The van der Waals surface area contributed by atoms with Crippen molar-refractivity contribution >= 4 is 16.8 Å². The van der Waals surface area contributed by atoms with E-state index >= 15 is 0 Å². The van der Waals surface area contributed by atoms with E-state index in [1.807, 2.05) is 60.8 Å². The molecule has 0 N–H and O–H groups in total. The minimum atomic E-state index is -0.0418. The zero-order valence-corrected chi connectivity index (χ0v) is 15.7. The monoisotopic (exact) mass is 372 g/mol. The van der Waals surface area contributed by atoms with Crippen LogP contribution in [0.5, 0.6) is 5.75 Å². The Kier molecular flexibility index (Phi) is 4.76. The molecular formula is C22H20N4O2. The highest BCUT2D eigenvalue weighted by molar-refractivity contribution is 5.97. The molecule has 0 bridgehead atoms. The molecule has 140 valence electrons. The number of amides is 1. The number of methoxy groups -OCH3 is 1. The van der Waals surface area contributed by atoms with E-state index < -0.39 is 0 Å². The number of benzene rings is 2. The quantitative estimate of drug-likeness (QED) is 0.536. The average molecular weight is 372 g/mol. The fourth-order valence-corrected chi connectivity index (χ4v) is 3.11. The summed E-state index contributed by atoms with van der Waals surface area (Å²) in [6.07, 6.45) is 5.44. The number of rotatable bonds is 5. The van der Waals surface area contributed by atoms with Crippen LogP contribution in [0.1, 0.15) is 15.9 Å². The first kappa shape index (κ1) is 17.7. The summed E-state index contributed by atoms with van der Waals surface area (Å²) in [6.45, 7) is 0.466. The summed E-state index contributed by atoms with van der Waals surface area (Å²) in [5.41, 5.74) is 3.37. The number of hydrogen-bond acceptors (Lipinski definition) is 4. The number of nitrogens with zero attached hydrogens (tertiary/aromatic N) is 4. The number of ether oxygens (including phenoxy) is 1. The molecule has 0 aliphatic heterocycles. The molecule has 0 saturated heterocycles. The molecule has 2 aromatic carbocycles. The number of carbonyl (C=O) groups excluding carboxylic acids is 1. The third-order valence-electron chi connectivity index (χ3n) is 4.57. The van der Waals surface area contributed by atoms with Gasteiger partial charge in [0.1, 0.15) is 5.75 Å². The van der Waals surface area contributed by atoms with Crippen LogP contribution in [0.3, 0.4) is 0 Å². The second-order valence-electron chi connectivity index (χ2n) is 6.57. The molecule has 0 saturated carbocycles. The summed E-state index contributed by atoms with van der Waals surface area (Å²) >= 11 is 0. The molecule has 0 radical (unpaired) electrons. The lowest BCUT2D eigenvalue weighted by Crippen LogP contribution is -2.26. The third-order valence-corrected chi connectivity index (χ3v) is 4.57. The molecule has 1 amide bonds. The maximum Gasteiger partial charge on any atom is 0.253 e. The van der Waals surface area contributed by atoms with E-state index in [2.05, 4.69) is 10.1 Å². The Balaban J connectivity index is 1.50. The van der Waals surface area contributed by atoms with Crippen molar-refractivity contribution in [3.8, 4) is 11.4 Å². The number of fused-ring (bicyclic) bond motifs is 1. The Labute approximate surface area is 163 Å². The molecular weight excluding hydrogens is 352 g/mol. The van der Waals surface area contributed by atoms with Crippen LogP contribution in [0.25, 0.3) is 16.6 Å². The maximum absolute atomic E-state index is 12.8. The average Bonchev–Trinajstić information content (AvgIpc) is 3.21. The molecule has 0 fully saturated rings. The minimum Gasteiger partial charge on any atom is -0.497 e. The van der Waals surface area contributed by atoms with Gasteiger partial charge in [0.25, 0.3) is 5.91 Å². The van der Waals surface area contributed by atoms with E-state index in [4.69, 9.17) is 4.74 Å². The lowest BCUT2D eigenvalue weighted by Gasteiger charge is -2.16. The Bertz CT molecular complexity index is 1140. The van der Waals surface area contributed by atoms with Crippen molar-refractivity contribution in [2.24, 2.45) is 0 Å². The van der Waals surface area contributed by atoms with Gasteiger partial charge in [0.05, 0.1) is 24.5 Å². The Morgan fingerprint density at radius 1 is 1.14 bits per heavy atom. The Morgan fingerprint density at radius 3 is 2.89 bits per heavy atom. The molecule has 4 rings (SSSR count). The molecule has 2 heterocycles. The topological polar surface area (TPSA) is 60.2 Å². The molecule has 0 aliphatic carbocycles. The Morgan fingerprint density at radius 2 is 2.04 bits per heavy atom. The first-order valence-corrected chi connectivity index (χ1v) is 8.92. The van der Waals surface area contributed by atoms with Crippen molar-refractivity contribution in [1.82, 2.24) is 19.7 Å². The molecule has 0 atom stereocenters. The molecule has 0 unspecified atom stereocenters. The highest BCUT2D eigenvalue weighted by atomic mass is 16.5. The van der Waals surface area contributed by atoms with Crippen LogP contribution in [-0.2, 0) is 6.54 Å². The number of carbonyl (C=O) groups is 1. The van der Waals surface area contributed by atoms with Gasteiger partial charge in [0.2, 0.25) is 0 Å². The predicted molar refractivity (Wildman–Crippen MR) is 108 cm³/mol. The lowest BCUT2D eigenvalue weighted by atomic mass is 10.1. The van der Waals surface area contributed by atoms with Gasteiger partial charge in [-0.15, -0.1) is 0 Å². The van der Waals surface area contributed by atoms with E-state index in [1.54, 1.807) is 36.1 Å². The van der Waals surface area contributed by atoms with Gasteiger partial charge in [0.15, 0.2) is 0 Å². The molecule has 6 nitrogen and oxygen atoms in total. The molecule has 4 aromatic rings. The maximum atomic E-state index is 12.8. The molecule has 2 aromatic heterocycles. The number of hydrogen-bond donors (Lipinski definition) is 0. The first-order valence-electron chi connectivity index (χ1n) is 8.92. The lowest BCUT2D eigenvalue weighted by molar-refractivity contribution is 0.0785. The zero-order valence-electron chi connectivity index (χ0n) is 15.7. The van der Waals surface area contributed by atoms with Crippen LogP contribution in [0.4, 0.5) is 0 Å². The molecule has 0 aliphatic rings. The van der Waals surface area contributed by atoms with Gasteiger partial charge in [-0.1, -0.05) is 12.1 Å². The third kappa shape index (κ3) is 3.57. The second kappa shape index (κ2) is 7.52. The van der Waals surface area contributed by atoms with E-state index in [0.717, 1.165) is 27.9 Å². The summed E-state index contributed by atoms with van der Waals surface area (Å²) in [5.74, 6) is 0.729. The van der Waals surface area contributed by atoms with Gasteiger partial charge in [-0.05, 0) is 36.4 Å². The highest BCUT2D eigenvalue weighted by Crippen LogP contribution is 2.18. The second-order valence-corrected chi connectivity index (χ2v) is 6.57. The van der Waals surface area contributed by atoms with E-state index in [1.165, 1.54) is 0 Å². The van der Waals surface area contributed by atoms with Gasteiger partial charge in [-0.2, -0.15) is 5.10 Å². The van der Waals surface area contributed by atoms with E-state index in [-0.39, 0.29) is 5.91 Å². The van der Waals surface area contributed by atoms with Crippen LogP contribution in [0.15, 0.2) is 73.2 Å². The van der Waals surface area contributed by atoms with Crippen LogP contribution in [0.2, 0.25) is 0 Å². The number of pyridine rings is 1. The van der Waals surface area contributed by atoms with Gasteiger partial charge >= 0.3 is 0 Å². The van der Waals surface area contributed by atoms with E-state index in [9.17, 15) is 4.79 Å². The molecule has 0 spiro atoms. The minimum absolute atomic E-state index is 0.0418. The van der Waals surface area contributed by atoms with Gasteiger partial charge in [-0.3, -0.25) is 9.78 Å². The fourth-order valence-electron chi connectivity index (χ4n) is 3.11. The van der Waals surface area contributed by atoms with Gasteiger partial charge < -0.3 is 9.64 Å². The number of aromatic nitrogens is 3. The van der Waals surface area contributed by atoms with E-state index in [0.29, 0.717) is 12.1 Å². The summed E-state index contributed by atoms with van der Waals surface area (Å²) in [6, 6.07) is 17.1. The van der Waals surface area contributed by atoms with Crippen LogP contribution >= 0.6 is 0 Å². The highest BCUT2D eigenvalue weighted by Gasteiger charge is 2.14. The zero-order chi connectivity index (χ0) is 19.5. The SMILES string of the molecule is COc1cccc(-n2cc(CN(C)C(=O)c3ccc4ncccc4c3)cn2)c1. The smallest absolute Gasteiger partial charge is 0.253 e. The largest absolute Gasteiger partial charge is 0.497 e. The van der Waals surface area contributed by atoms with Crippen LogP contribution < -0.4 is 4.74 Å². The van der Waals surface area contributed by atoms with Crippen molar-refractivity contribution < 1.29 is 9.53 Å². The van der Waals surface area contributed by atoms with Crippen molar-refractivity contribution in [1.29, 1.82) is 0 Å². The van der Waals surface area contributed by atoms with Gasteiger partial charge in [-0.25, -0.2) is 4.68 Å². The van der Waals surface area contributed by atoms with Crippen molar-refractivity contribution in [2.75, 3.05) is 14.2 Å². The summed E-state index contributed by atoms with van der Waals surface area (Å²) in [4.78, 5) is 18.8. The molecule has 6 heteroatoms. The van der Waals surface area contributed by atoms with Gasteiger partial charge in [0, 0.05) is 48.6 Å². The standard InChI is InChI=1S/C22H20N4O2/c1-25(22(27)18-8-9-21-17(11-18)5-4-10-23-21)14-16-13-24-26(15-16)19-6-3-7-20(12-19)28-2/h3-13,15H,14H2,1-2H3. The van der Waals surface area contributed by atoms with Crippen LogP contribution in [0, 0.1) is 0 Å². The summed E-state index contributed by atoms with van der Waals surface area (Å²) in [5, 5.41) is 5.35. The fraction of sp³-hybridized carbons (Fsp3) is 0.136. The summed E-state index contributed by atoms with van der Waals surface area (Å²) in [7, 11) is 3.43. The normalized spacial score (nSPS) is 10.8. The van der Waals surface area contributed by atoms with Crippen molar-refractivity contribution in [3.05, 3.63) is 84.3 Å². The molecule has 28 heavy (non-hydrogen) atoms. The Hall–Kier alpha value is -3.67.